The van der Waals surface area contributed by atoms with Gasteiger partial charge >= 0.3 is 5.97 Å². The average molecular weight is 333 g/mol. The van der Waals surface area contributed by atoms with Gasteiger partial charge in [-0.3, -0.25) is 4.79 Å². The van der Waals surface area contributed by atoms with Crippen molar-refractivity contribution in [2.45, 2.75) is 18.9 Å². The highest BCUT2D eigenvalue weighted by Gasteiger charge is 2.25. The molecule has 1 aromatic heterocycles. The van der Waals surface area contributed by atoms with Crippen molar-refractivity contribution in [3.8, 4) is 0 Å². The first-order valence-electron chi connectivity index (χ1n) is 6.41. The van der Waals surface area contributed by atoms with Crippen molar-refractivity contribution >= 4 is 35.1 Å². The molecule has 8 heteroatoms. The average Bonchev–Trinajstić information content (AvgIpc) is 2.48. The van der Waals surface area contributed by atoms with Crippen LogP contribution in [-0.4, -0.2) is 52.7 Å². The van der Waals surface area contributed by atoms with Crippen molar-refractivity contribution in [2.75, 3.05) is 19.7 Å². The highest BCUT2D eigenvalue weighted by molar-refractivity contribution is 6.41. The summed E-state index contributed by atoms with van der Waals surface area (Å²) < 4.78 is 5.22. The van der Waals surface area contributed by atoms with E-state index in [2.05, 4.69) is 4.98 Å². The van der Waals surface area contributed by atoms with Gasteiger partial charge in [-0.2, -0.15) is 0 Å². The monoisotopic (exact) mass is 332 g/mol. The molecule has 0 spiro atoms. The fourth-order valence-corrected chi connectivity index (χ4v) is 2.41. The number of piperidine rings is 1. The van der Waals surface area contributed by atoms with Gasteiger partial charge in [-0.25, -0.2) is 9.78 Å². The Balaban J connectivity index is 1.90. The predicted octanol–water partition coefficient (Wildman–Crippen LogP) is 2.09. The van der Waals surface area contributed by atoms with Crippen LogP contribution in [0.5, 0.6) is 0 Å². The molecule has 0 radical (unpaired) electrons. The number of carbonyl (C=O) groups is 2. The number of hydrogen-bond acceptors (Lipinski definition) is 4. The molecule has 114 valence electrons. The van der Waals surface area contributed by atoms with Crippen molar-refractivity contribution in [3.63, 3.8) is 0 Å². The number of amides is 1. The Morgan fingerprint density at radius 2 is 2.05 bits per heavy atom. The van der Waals surface area contributed by atoms with Crippen LogP contribution in [0.25, 0.3) is 0 Å². The Morgan fingerprint density at radius 3 is 2.62 bits per heavy atom. The van der Waals surface area contributed by atoms with Gasteiger partial charge in [0.05, 0.1) is 16.7 Å². The number of rotatable bonds is 4. The normalized spacial score (nSPS) is 16.0. The second-order valence-corrected chi connectivity index (χ2v) is 5.46. The van der Waals surface area contributed by atoms with Gasteiger partial charge in [0.25, 0.3) is 5.91 Å². The maximum atomic E-state index is 12.3. The highest BCUT2D eigenvalue weighted by Crippen LogP contribution is 2.22. The lowest BCUT2D eigenvalue weighted by molar-refractivity contribution is -0.145. The zero-order chi connectivity index (χ0) is 15.4. The third-order valence-corrected chi connectivity index (χ3v) is 3.90. The topological polar surface area (TPSA) is 79.7 Å². The zero-order valence-electron chi connectivity index (χ0n) is 11.1. The molecule has 0 aliphatic carbocycles. The van der Waals surface area contributed by atoms with Crippen LogP contribution in [0.2, 0.25) is 10.2 Å². The Bertz CT molecular complexity index is 545. The summed E-state index contributed by atoms with van der Waals surface area (Å²) >= 11 is 11.6. The maximum absolute atomic E-state index is 12.3. The number of aliphatic carboxylic acids is 1. The number of carbonyl (C=O) groups excluding carboxylic acids is 1. The van der Waals surface area contributed by atoms with Gasteiger partial charge in [-0.15, -0.1) is 0 Å². The molecule has 0 bridgehead atoms. The molecule has 1 N–H and O–H groups in total. The van der Waals surface area contributed by atoms with Crippen molar-refractivity contribution < 1.29 is 19.4 Å². The third kappa shape index (κ3) is 4.30. The van der Waals surface area contributed by atoms with E-state index in [4.69, 9.17) is 33.0 Å². The van der Waals surface area contributed by atoms with Crippen molar-refractivity contribution in [3.05, 3.63) is 28.0 Å². The summed E-state index contributed by atoms with van der Waals surface area (Å²) in [5, 5.41) is 8.96. The number of ether oxygens (including phenoxy) is 1. The van der Waals surface area contributed by atoms with E-state index in [0.29, 0.717) is 31.5 Å². The lowest BCUT2D eigenvalue weighted by Gasteiger charge is -2.31. The Labute approximate surface area is 131 Å². The van der Waals surface area contributed by atoms with E-state index in [1.54, 1.807) is 4.90 Å². The summed E-state index contributed by atoms with van der Waals surface area (Å²) in [6, 6.07) is 1.49. The Hall–Kier alpha value is -1.37. The minimum absolute atomic E-state index is 0.128. The van der Waals surface area contributed by atoms with E-state index in [-0.39, 0.29) is 28.8 Å². The van der Waals surface area contributed by atoms with E-state index in [0.717, 1.165) is 0 Å². The summed E-state index contributed by atoms with van der Waals surface area (Å²) in [6.07, 6.45) is 2.47. The molecule has 0 saturated carbocycles. The zero-order valence-corrected chi connectivity index (χ0v) is 12.6. The minimum Gasteiger partial charge on any atom is -0.480 e. The van der Waals surface area contributed by atoms with E-state index in [1.165, 1.54) is 12.3 Å². The number of halogens is 2. The molecule has 1 fully saturated rings. The number of pyridine rings is 1. The number of hydrogen-bond donors (Lipinski definition) is 1. The molecule has 6 nitrogen and oxygen atoms in total. The lowest BCUT2D eigenvalue weighted by atomic mass is 10.1. The highest BCUT2D eigenvalue weighted by atomic mass is 35.5. The summed E-state index contributed by atoms with van der Waals surface area (Å²) in [6.45, 7) is 0.696. The van der Waals surface area contributed by atoms with E-state index in [1.807, 2.05) is 0 Å². The van der Waals surface area contributed by atoms with Crippen LogP contribution in [-0.2, 0) is 9.53 Å². The summed E-state index contributed by atoms with van der Waals surface area (Å²) in [7, 11) is 0. The molecule has 1 saturated heterocycles. The molecule has 0 unspecified atom stereocenters. The standard InChI is InChI=1S/C13H14Cl2N2O4/c14-10-5-8(6-16-12(10)15)13(20)17-3-1-9(2-4-17)21-7-11(18)19/h5-6,9H,1-4,7H2,(H,18,19). The van der Waals surface area contributed by atoms with Crippen LogP contribution in [0.15, 0.2) is 12.3 Å². The first kappa shape index (κ1) is 16.0. The second kappa shape index (κ2) is 7.06. The predicted molar refractivity (Wildman–Crippen MR) is 76.8 cm³/mol. The van der Waals surface area contributed by atoms with Gasteiger partial charge in [-0.05, 0) is 18.9 Å². The number of likely N-dealkylation sites (tertiary alicyclic amines) is 1. The Kier molecular flexibility index (Phi) is 5.39. The SMILES string of the molecule is O=C(O)COC1CCN(C(=O)c2cnc(Cl)c(Cl)c2)CC1. The Morgan fingerprint density at radius 1 is 1.38 bits per heavy atom. The van der Waals surface area contributed by atoms with Crippen molar-refractivity contribution in [2.24, 2.45) is 0 Å². The first-order chi connectivity index (χ1) is 9.97. The molecular weight excluding hydrogens is 319 g/mol. The van der Waals surface area contributed by atoms with Gasteiger partial charge in [-0.1, -0.05) is 23.2 Å². The fraction of sp³-hybridized carbons (Fsp3) is 0.462. The number of aromatic nitrogens is 1. The number of carboxylic acid groups (broad SMARTS) is 1. The van der Waals surface area contributed by atoms with Crippen LogP contribution in [0.3, 0.4) is 0 Å². The molecule has 2 rings (SSSR count). The van der Waals surface area contributed by atoms with Crippen molar-refractivity contribution in [1.82, 2.24) is 9.88 Å². The molecule has 1 aromatic rings. The molecule has 1 aliphatic rings. The first-order valence-corrected chi connectivity index (χ1v) is 7.16. The second-order valence-electron chi connectivity index (χ2n) is 4.69. The van der Waals surface area contributed by atoms with Crippen LogP contribution in [0, 0.1) is 0 Å². The summed E-state index contributed by atoms with van der Waals surface area (Å²) in [4.78, 5) is 28.2. The fourth-order valence-electron chi connectivity index (χ4n) is 2.14. The van der Waals surface area contributed by atoms with Crippen LogP contribution in [0.1, 0.15) is 23.2 Å². The smallest absolute Gasteiger partial charge is 0.329 e. The van der Waals surface area contributed by atoms with E-state index >= 15 is 0 Å². The molecule has 0 atom stereocenters. The van der Waals surface area contributed by atoms with E-state index in [9.17, 15) is 9.59 Å². The minimum atomic E-state index is -0.990. The molecular formula is C13H14Cl2N2O4. The number of nitrogens with zero attached hydrogens (tertiary/aromatic N) is 2. The van der Waals surface area contributed by atoms with Crippen LogP contribution >= 0.6 is 23.2 Å². The van der Waals surface area contributed by atoms with E-state index < -0.39 is 5.97 Å². The van der Waals surface area contributed by atoms with Gasteiger partial charge in [0.1, 0.15) is 11.8 Å². The maximum Gasteiger partial charge on any atom is 0.329 e. The summed E-state index contributed by atoms with van der Waals surface area (Å²) in [5.74, 6) is -1.16. The van der Waals surface area contributed by atoms with Gasteiger partial charge in [0.15, 0.2) is 0 Å². The molecule has 21 heavy (non-hydrogen) atoms. The quantitative estimate of drug-likeness (QED) is 0.854. The van der Waals surface area contributed by atoms with Crippen molar-refractivity contribution in [1.29, 1.82) is 0 Å². The third-order valence-electron chi connectivity index (χ3n) is 3.21. The molecule has 0 aromatic carbocycles. The largest absolute Gasteiger partial charge is 0.480 e. The number of carboxylic acids is 1. The lowest BCUT2D eigenvalue weighted by Crippen LogP contribution is -2.41. The summed E-state index contributed by atoms with van der Waals surface area (Å²) in [5.41, 5.74) is 0.384. The van der Waals surface area contributed by atoms with Crippen LogP contribution in [0.4, 0.5) is 0 Å². The van der Waals surface area contributed by atoms with Gasteiger partial charge in [0, 0.05) is 19.3 Å². The van der Waals surface area contributed by atoms with Crippen LogP contribution < -0.4 is 0 Å². The molecule has 1 aliphatic heterocycles. The molecule has 1 amide bonds. The van der Waals surface area contributed by atoms with Gasteiger partial charge in [0.2, 0.25) is 0 Å². The molecule has 2 heterocycles. The van der Waals surface area contributed by atoms with Gasteiger partial charge < -0.3 is 14.7 Å².